The smallest absolute Gasteiger partial charge is 0.239 e. The summed E-state index contributed by atoms with van der Waals surface area (Å²) in [5.41, 5.74) is 0. The zero-order valence-corrected chi connectivity index (χ0v) is 10.8. The summed E-state index contributed by atoms with van der Waals surface area (Å²) in [6, 6.07) is 0. The van der Waals surface area contributed by atoms with E-state index >= 15 is 0 Å². The molecule has 4 nitrogen and oxygen atoms in total. The second kappa shape index (κ2) is 8.13. The fourth-order valence-corrected chi connectivity index (χ4v) is 1.07. The molecular formula is C12H24N2O2. The lowest BCUT2D eigenvalue weighted by atomic mass is 10.1. The molecule has 2 N–H and O–H groups in total. The first-order chi connectivity index (χ1) is 7.41. The van der Waals surface area contributed by atoms with Crippen LogP contribution in [0.15, 0.2) is 0 Å². The second-order valence-electron chi connectivity index (χ2n) is 4.91. The molecule has 0 saturated heterocycles. The maximum atomic E-state index is 11.3. The van der Waals surface area contributed by atoms with Gasteiger partial charge < -0.3 is 10.6 Å². The van der Waals surface area contributed by atoms with E-state index < -0.39 is 0 Å². The van der Waals surface area contributed by atoms with Gasteiger partial charge in [0.05, 0.1) is 6.54 Å². The van der Waals surface area contributed by atoms with Gasteiger partial charge in [-0.1, -0.05) is 27.7 Å². The Morgan fingerprint density at radius 2 is 1.56 bits per heavy atom. The van der Waals surface area contributed by atoms with E-state index in [-0.39, 0.29) is 18.4 Å². The predicted octanol–water partition coefficient (Wildman–Crippen LogP) is 1.31. The standard InChI is InChI=1S/C12H24N2O2/c1-9(2)5-6-11(15)14-8-12(16)13-7-10(3)4/h9-10H,5-8H2,1-4H3,(H,13,16)(H,14,15). The van der Waals surface area contributed by atoms with Crippen molar-refractivity contribution in [2.75, 3.05) is 13.1 Å². The van der Waals surface area contributed by atoms with Crippen LogP contribution in [0.3, 0.4) is 0 Å². The second-order valence-corrected chi connectivity index (χ2v) is 4.91. The number of hydrogen-bond acceptors (Lipinski definition) is 2. The molecule has 0 aliphatic carbocycles. The van der Waals surface area contributed by atoms with Gasteiger partial charge in [0, 0.05) is 13.0 Å². The molecule has 16 heavy (non-hydrogen) atoms. The van der Waals surface area contributed by atoms with Crippen molar-refractivity contribution in [1.82, 2.24) is 10.6 Å². The van der Waals surface area contributed by atoms with Crippen molar-refractivity contribution in [1.29, 1.82) is 0 Å². The Bertz CT molecular complexity index is 201. The number of nitrogens with one attached hydrogen (secondary N) is 2. The van der Waals surface area contributed by atoms with Crippen LogP contribution in [0.5, 0.6) is 0 Å². The third-order valence-electron chi connectivity index (χ3n) is 2.10. The molecule has 0 fully saturated rings. The van der Waals surface area contributed by atoms with Gasteiger partial charge in [-0.3, -0.25) is 9.59 Å². The number of carbonyl (C=O) groups is 2. The number of amides is 2. The van der Waals surface area contributed by atoms with Crippen molar-refractivity contribution >= 4 is 11.8 Å². The molecule has 0 unspecified atom stereocenters. The van der Waals surface area contributed by atoms with Crippen LogP contribution in [0.1, 0.15) is 40.5 Å². The number of rotatable bonds is 7. The minimum Gasteiger partial charge on any atom is -0.354 e. The van der Waals surface area contributed by atoms with Crippen molar-refractivity contribution in [2.45, 2.75) is 40.5 Å². The van der Waals surface area contributed by atoms with E-state index in [4.69, 9.17) is 0 Å². The van der Waals surface area contributed by atoms with Crippen LogP contribution in [0, 0.1) is 11.8 Å². The maximum absolute atomic E-state index is 11.3. The van der Waals surface area contributed by atoms with Crippen molar-refractivity contribution in [2.24, 2.45) is 11.8 Å². The molecule has 0 radical (unpaired) electrons. The summed E-state index contributed by atoms with van der Waals surface area (Å²) >= 11 is 0. The van der Waals surface area contributed by atoms with E-state index in [1.807, 2.05) is 13.8 Å². The van der Waals surface area contributed by atoms with Crippen LogP contribution in [-0.4, -0.2) is 24.9 Å². The van der Waals surface area contributed by atoms with E-state index in [0.29, 0.717) is 24.8 Å². The Hall–Kier alpha value is -1.06. The molecule has 0 saturated carbocycles. The maximum Gasteiger partial charge on any atom is 0.239 e. The zero-order valence-electron chi connectivity index (χ0n) is 10.8. The Labute approximate surface area is 98.2 Å². The van der Waals surface area contributed by atoms with Gasteiger partial charge in [-0.05, 0) is 18.3 Å². The topological polar surface area (TPSA) is 58.2 Å². The van der Waals surface area contributed by atoms with Crippen LogP contribution in [0.25, 0.3) is 0 Å². The predicted molar refractivity (Wildman–Crippen MR) is 64.9 cm³/mol. The lowest BCUT2D eigenvalue weighted by molar-refractivity contribution is -0.126. The summed E-state index contributed by atoms with van der Waals surface area (Å²) < 4.78 is 0. The average molecular weight is 228 g/mol. The Kier molecular flexibility index (Phi) is 7.60. The molecule has 0 spiro atoms. The molecule has 94 valence electrons. The van der Waals surface area contributed by atoms with Crippen molar-refractivity contribution < 1.29 is 9.59 Å². The van der Waals surface area contributed by atoms with Crippen molar-refractivity contribution in [3.63, 3.8) is 0 Å². The highest BCUT2D eigenvalue weighted by atomic mass is 16.2. The van der Waals surface area contributed by atoms with E-state index in [2.05, 4.69) is 24.5 Å². The van der Waals surface area contributed by atoms with Gasteiger partial charge in [0.25, 0.3) is 0 Å². The normalized spacial score (nSPS) is 10.6. The molecular weight excluding hydrogens is 204 g/mol. The lowest BCUT2D eigenvalue weighted by Crippen LogP contribution is -2.38. The van der Waals surface area contributed by atoms with Crippen molar-refractivity contribution in [3.05, 3.63) is 0 Å². The first kappa shape index (κ1) is 14.9. The molecule has 0 heterocycles. The third kappa shape index (κ3) is 9.49. The average Bonchev–Trinajstić information content (AvgIpc) is 2.20. The fourth-order valence-electron chi connectivity index (χ4n) is 1.07. The monoisotopic (exact) mass is 228 g/mol. The van der Waals surface area contributed by atoms with Crippen molar-refractivity contribution in [3.8, 4) is 0 Å². The Morgan fingerprint density at radius 3 is 2.06 bits per heavy atom. The van der Waals surface area contributed by atoms with Crippen LogP contribution < -0.4 is 10.6 Å². The lowest BCUT2D eigenvalue weighted by Gasteiger charge is -2.09. The van der Waals surface area contributed by atoms with Gasteiger partial charge >= 0.3 is 0 Å². The minimum absolute atomic E-state index is 0.0478. The SMILES string of the molecule is CC(C)CCC(=O)NCC(=O)NCC(C)C. The highest BCUT2D eigenvalue weighted by molar-refractivity contribution is 5.84. The van der Waals surface area contributed by atoms with Gasteiger partial charge in [-0.2, -0.15) is 0 Å². The molecule has 0 aromatic carbocycles. The summed E-state index contributed by atoms with van der Waals surface area (Å²) in [5, 5.41) is 5.36. The molecule has 0 rings (SSSR count). The zero-order chi connectivity index (χ0) is 12.6. The molecule has 4 heteroatoms. The van der Waals surface area contributed by atoms with E-state index in [0.717, 1.165) is 6.42 Å². The van der Waals surface area contributed by atoms with Crippen LogP contribution in [0.2, 0.25) is 0 Å². The van der Waals surface area contributed by atoms with Gasteiger partial charge in [-0.25, -0.2) is 0 Å². The van der Waals surface area contributed by atoms with Crippen LogP contribution in [0.4, 0.5) is 0 Å². The summed E-state index contributed by atoms with van der Waals surface area (Å²) in [6.07, 6.45) is 1.36. The minimum atomic E-state index is -0.119. The molecule has 0 aromatic rings. The largest absolute Gasteiger partial charge is 0.354 e. The van der Waals surface area contributed by atoms with Gasteiger partial charge in [0.2, 0.25) is 11.8 Å². The molecule has 0 aliphatic heterocycles. The van der Waals surface area contributed by atoms with Crippen LogP contribution >= 0.6 is 0 Å². The molecule has 2 amide bonds. The van der Waals surface area contributed by atoms with Gasteiger partial charge in [-0.15, -0.1) is 0 Å². The quantitative estimate of drug-likeness (QED) is 0.690. The van der Waals surface area contributed by atoms with E-state index in [1.165, 1.54) is 0 Å². The number of hydrogen-bond donors (Lipinski definition) is 2. The fraction of sp³-hybridized carbons (Fsp3) is 0.833. The first-order valence-corrected chi connectivity index (χ1v) is 5.95. The van der Waals surface area contributed by atoms with Gasteiger partial charge in [0.1, 0.15) is 0 Å². The highest BCUT2D eigenvalue weighted by Crippen LogP contribution is 2.02. The molecule has 0 bridgehead atoms. The summed E-state index contributed by atoms with van der Waals surface area (Å²) in [5.74, 6) is 0.779. The Morgan fingerprint density at radius 1 is 0.938 bits per heavy atom. The summed E-state index contributed by atoms with van der Waals surface area (Å²) in [7, 11) is 0. The van der Waals surface area contributed by atoms with Gasteiger partial charge in [0.15, 0.2) is 0 Å². The van der Waals surface area contributed by atoms with E-state index in [1.54, 1.807) is 0 Å². The van der Waals surface area contributed by atoms with E-state index in [9.17, 15) is 9.59 Å². The summed E-state index contributed by atoms with van der Waals surface area (Å²) in [4.78, 5) is 22.6. The highest BCUT2D eigenvalue weighted by Gasteiger charge is 2.06. The summed E-state index contributed by atoms with van der Waals surface area (Å²) in [6.45, 7) is 8.94. The third-order valence-corrected chi connectivity index (χ3v) is 2.10. The molecule has 0 atom stereocenters. The van der Waals surface area contributed by atoms with Crippen LogP contribution in [-0.2, 0) is 9.59 Å². The molecule has 0 aromatic heterocycles. The Balaban J connectivity index is 3.55. The first-order valence-electron chi connectivity index (χ1n) is 5.95. The molecule has 0 aliphatic rings. The number of carbonyl (C=O) groups excluding carboxylic acids is 2.